The summed E-state index contributed by atoms with van der Waals surface area (Å²) in [6.45, 7) is 7.48. The van der Waals surface area contributed by atoms with Crippen LogP contribution in [0.2, 0.25) is 0 Å². The molecule has 4 aliphatic carbocycles. The van der Waals surface area contributed by atoms with Gasteiger partial charge in [-0.05, 0) is 70.1 Å². The zero-order valence-corrected chi connectivity index (χ0v) is 18.6. The summed E-state index contributed by atoms with van der Waals surface area (Å²) in [6.07, 6.45) is 7.54. The molecule has 3 amide bonds. The van der Waals surface area contributed by atoms with E-state index in [1.54, 1.807) is 0 Å². The number of hydrogen-bond acceptors (Lipinski definition) is 4. The van der Waals surface area contributed by atoms with Gasteiger partial charge in [0.05, 0.1) is 6.54 Å². The predicted molar refractivity (Wildman–Crippen MR) is 115 cm³/mol. The lowest BCUT2D eigenvalue weighted by molar-refractivity contribution is -0.146. The SMILES string of the molecule is CC(C)NC(=O)CN1CCN(C(=O)CCNC(=O)C23CC4CC(CC(C4)C2)C3)CC1. The molecule has 1 aliphatic heterocycles. The quantitative estimate of drug-likeness (QED) is 0.654. The van der Waals surface area contributed by atoms with Gasteiger partial charge >= 0.3 is 0 Å². The minimum absolute atomic E-state index is 0.0390. The van der Waals surface area contributed by atoms with Crippen LogP contribution in [0.3, 0.4) is 0 Å². The minimum Gasteiger partial charge on any atom is -0.355 e. The molecular formula is C23H38N4O3. The number of piperazine rings is 1. The fourth-order valence-electron chi connectivity index (χ4n) is 6.74. The van der Waals surface area contributed by atoms with Gasteiger partial charge in [0.2, 0.25) is 17.7 Å². The Hall–Kier alpha value is -1.63. The van der Waals surface area contributed by atoms with Crippen LogP contribution < -0.4 is 10.6 Å². The van der Waals surface area contributed by atoms with Crippen molar-refractivity contribution in [1.82, 2.24) is 20.4 Å². The Balaban J connectivity index is 1.16. The van der Waals surface area contributed by atoms with Crippen molar-refractivity contribution < 1.29 is 14.4 Å². The molecule has 0 spiro atoms. The lowest BCUT2D eigenvalue weighted by Crippen LogP contribution is -2.54. The second-order valence-corrected chi connectivity index (χ2v) is 10.6. The van der Waals surface area contributed by atoms with Crippen molar-refractivity contribution in [2.45, 2.75) is 64.8 Å². The fourth-order valence-corrected chi connectivity index (χ4v) is 6.74. The molecule has 0 aromatic carbocycles. The summed E-state index contributed by atoms with van der Waals surface area (Å²) in [5.74, 6) is 2.60. The highest BCUT2D eigenvalue weighted by Crippen LogP contribution is 2.60. The van der Waals surface area contributed by atoms with Crippen LogP contribution in [0.4, 0.5) is 0 Å². The highest BCUT2D eigenvalue weighted by Gasteiger charge is 2.54. The van der Waals surface area contributed by atoms with Crippen molar-refractivity contribution in [3.8, 4) is 0 Å². The normalized spacial score (nSPS) is 33.0. The number of carbonyl (C=O) groups excluding carboxylic acids is 3. The van der Waals surface area contributed by atoms with E-state index in [2.05, 4.69) is 15.5 Å². The molecule has 0 aromatic rings. The second kappa shape index (κ2) is 8.85. The van der Waals surface area contributed by atoms with E-state index in [4.69, 9.17) is 0 Å². The average Bonchev–Trinajstić information content (AvgIpc) is 2.66. The molecule has 0 aromatic heterocycles. The van der Waals surface area contributed by atoms with Crippen molar-refractivity contribution in [3.63, 3.8) is 0 Å². The van der Waals surface area contributed by atoms with Gasteiger partial charge in [-0.15, -0.1) is 0 Å². The highest BCUT2D eigenvalue weighted by atomic mass is 16.2. The maximum Gasteiger partial charge on any atom is 0.234 e. The summed E-state index contributed by atoms with van der Waals surface area (Å²) in [4.78, 5) is 41.4. The van der Waals surface area contributed by atoms with E-state index < -0.39 is 0 Å². The van der Waals surface area contributed by atoms with Crippen molar-refractivity contribution >= 4 is 17.7 Å². The molecule has 0 unspecified atom stereocenters. The Labute approximate surface area is 180 Å². The van der Waals surface area contributed by atoms with Crippen molar-refractivity contribution in [2.75, 3.05) is 39.3 Å². The molecule has 7 heteroatoms. The van der Waals surface area contributed by atoms with Gasteiger partial charge in [-0.2, -0.15) is 0 Å². The molecule has 5 fully saturated rings. The van der Waals surface area contributed by atoms with E-state index in [1.165, 1.54) is 19.3 Å². The largest absolute Gasteiger partial charge is 0.355 e. The summed E-state index contributed by atoms with van der Waals surface area (Å²) in [6, 6.07) is 0.147. The third kappa shape index (κ3) is 4.82. The molecule has 1 saturated heterocycles. The molecule has 0 radical (unpaired) electrons. The number of amides is 3. The molecule has 7 nitrogen and oxygen atoms in total. The van der Waals surface area contributed by atoms with Gasteiger partial charge in [0.1, 0.15) is 0 Å². The molecule has 4 bridgehead atoms. The number of nitrogens with one attached hydrogen (secondary N) is 2. The maximum atomic E-state index is 13.0. The van der Waals surface area contributed by atoms with Gasteiger partial charge in [0.25, 0.3) is 0 Å². The van der Waals surface area contributed by atoms with Crippen LogP contribution in [-0.4, -0.2) is 72.8 Å². The molecule has 2 N–H and O–H groups in total. The van der Waals surface area contributed by atoms with E-state index in [0.717, 1.165) is 50.1 Å². The van der Waals surface area contributed by atoms with Gasteiger partial charge in [-0.25, -0.2) is 0 Å². The van der Waals surface area contributed by atoms with Gasteiger partial charge in [0.15, 0.2) is 0 Å². The van der Waals surface area contributed by atoms with Gasteiger partial charge in [0, 0.05) is 50.6 Å². The third-order valence-corrected chi connectivity index (χ3v) is 7.69. The smallest absolute Gasteiger partial charge is 0.234 e. The molecule has 5 aliphatic rings. The van der Waals surface area contributed by atoms with Crippen LogP contribution in [0.1, 0.15) is 58.8 Å². The first-order valence-electron chi connectivity index (χ1n) is 11.9. The summed E-state index contributed by atoms with van der Waals surface area (Å²) in [5.41, 5.74) is -0.139. The Kier molecular flexibility index (Phi) is 6.37. The summed E-state index contributed by atoms with van der Waals surface area (Å²) in [7, 11) is 0. The van der Waals surface area contributed by atoms with Crippen LogP contribution >= 0.6 is 0 Å². The van der Waals surface area contributed by atoms with E-state index >= 15 is 0 Å². The monoisotopic (exact) mass is 418 g/mol. The maximum absolute atomic E-state index is 13.0. The van der Waals surface area contributed by atoms with Crippen LogP contribution in [-0.2, 0) is 14.4 Å². The molecular weight excluding hydrogens is 380 g/mol. The molecule has 5 rings (SSSR count). The molecule has 1 heterocycles. The van der Waals surface area contributed by atoms with E-state index in [9.17, 15) is 14.4 Å². The van der Waals surface area contributed by atoms with Crippen LogP contribution in [0.25, 0.3) is 0 Å². The van der Waals surface area contributed by atoms with Crippen molar-refractivity contribution in [3.05, 3.63) is 0 Å². The molecule has 4 saturated carbocycles. The van der Waals surface area contributed by atoms with E-state index in [1.807, 2.05) is 18.7 Å². The van der Waals surface area contributed by atoms with Gasteiger partial charge in [-0.3, -0.25) is 19.3 Å². The third-order valence-electron chi connectivity index (χ3n) is 7.69. The number of rotatable bonds is 7. The summed E-state index contributed by atoms with van der Waals surface area (Å²) in [5, 5.41) is 6.02. The zero-order valence-electron chi connectivity index (χ0n) is 18.6. The van der Waals surface area contributed by atoms with Gasteiger partial charge in [-0.1, -0.05) is 0 Å². The highest BCUT2D eigenvalue weighted by molar-refractivity contribution is 5.84. The molecule has 0 atom stereocenters. The second-order valence-electron chi connectivity index (χ2n) is 10.6. The van der Waals surface area contributed by atoms with Crippen molar-refractivity contribution in [1.29, 1.82) is 0 Å². The van der Waals surface area contributed by atoms with Crippen LogP contribution in [0.5, 0.6) is 0 Å². The van der Waals surface area contributed by atoms with E-state index in [-0.39, 0.29) is 29.2 Å². The van der Waals surface area contributed by atoms with Crippen LogP contribution in [0.15, 0.2) is 0 Å². The average molecular weight is 419 g/mol. The van der Waals surface area contributed by atoms with E-state index in [0.29, 0.717) is 32.6 Å². The summed E-state index contributed by atoms with van der Waals surface area (Å²) < 4.78 is 0. The standard InChI is InChI=1S/C23H38N4O3/c1-16(2)25-20(28)15-26-5-7-27(8-6-26)21(29)3-4-24-22(30)23-12-17-9-18(13-23)11-19(10-17)14-23/h16-19H,3-15H2,1-2H3,(H,24,30)(H,25,28). The molecule has 168 valence electrons. The first-order chi connectivity index (χ1) is 14.3. The summed E-state index contributed by atoms with van der Waals surface area (Å²) >= 11 is 0. The van der Waals surface area contributed by atoms with Crippen molar-refractivity contribution in [2.24, 2.45) is 23.2 Å². The number of hydrogen-bond donors (Lipinski definition) is 2. The topological polar surface area (TPSA) is 81.8 Å². The van der Waals surface area contributed by atoms with Gasteiger partial charge < -0.3 is 15.5 Å². The Bertz CT molecular complexity index is 634. The lowest BCUT2D eigenvalue weighted by Gasteiger charge is -2.55. The number of nitrogens with zero attached hydrogens (tertiary/aromatic N) is 2. The van der Waals surface area contributed by atoms with Crippen LogP contribution in [0, 0.1) is 23.2 Å². The Morgan fingerprint density at radius 3 is 2.03 bits per heavy atom. The Morgan fingerprint density at radius 1 is 0.933 bits per heavy atom. The minimum atomic E-state index is -0.139. The zero-order chi connectivity index (χ0) is 21.3. The number of carbonyl (C=O) groups is 3. The lowest BCUT2D eigenvalue weighted by atomic mass is 9.49. The first-order valence-corrected chi connectivity index (χ1v) is 11.9. The predicted octanol–water partition coefficient (Wildman–Crippen LogP) is 1.38. The fraction of sp³-hybridized carbons (Fsp3) is 0.870. The molecule has 30 heavy (non-hydrogen) atoms. The first kappa shape index (κ1) is 21.6. The Morgan fingerprint density at radius 2 is 1.50 bits per heavy atom.